The minimum absolute atomic E-state index is 0.124. The van der Waals surface area contributed by atoms with Crippen LogP contribution in [0.25, 0.3) is 0 Å². The maximum absolute atomic E-state index is 13.1. The van der Waals surface area contributed by atoms with Crippen molar-refractivity contribution in [3.63, 3.8) is 0 Å². The van der Waals surface area contributed by atoms with Gasteiger partial charge in [0.05, 0.1) is 33.8 Å². The first-order valence-corrected chi connectivity index (χ1v) is 7.71. The van der Waals surface area contributed by atoms with Gasteiger partial charge in [-0.25, -0.2) is 4.39 Å². The predicted octanol–water partition coefficient (Wildman–Crippen LogP) is 4.30. The zero-order valence-corrected chi connectivity index (χ0v) is 14.2. The third-order valence-corrected chi connectivity index (χ3v) is 3.77. The average molecular weight is 370 g/mol. The molecule has 1 N–H and O–H groups in total. The molecule has 0 bridgehead atoms. The van der Waals surface area contributed by atoms with Crippen molar-refractivity contribution in [2.45, 2.75) is 12.8 Å². The number of anilines is 1. The number of nitrogens with zero attached hydrogens (tertiary/aromatic N) is 2. The number of nitrogens with one attached hydrogen (secondary N) is 1. The molecule has 2 rings (SSSR count). The smallest absolute Gasteiger partial charge is 0.224 e. The molecule has 0 atom stereocenters. The Hall–Kier alpha value is -2.18. The van der Waals surface area contributed by atoms with Gasteiger partial charge in [-0.2, -0.15) is 0 Å². The molecule has 1 aromatic carbocycles. The van der Waals surface area contributed by atoms with Crippen LogP contribution in [0.4, 0.5) is 10.1 Å². The van der Waals surface area contributed by atoms with Gasteiger partial charge in [0.15, 0.2) is 0 Å². The summed E-state index contributed by atoms with van der Waals surface area (Å²) >= 11 is 11.9. The van der Waals surface area contributed by atoms with E-state index in [2.05, 4.69) is 15.5 Å². The Morgan fingerprint density at radius 2 is 2.04 bits per heavy atom. The number of rotatable bonds is 6. The van der Waals surface area contributed by atoms with E-state index in [4.69, 9.17) is 28.0 Å². The molecule has 1 amide bonds. The van der Waals surface area contributed by atoms with Crippen LogP contribution in [0.5, 0.6) is 0 Å². The van der Waals surface area contributed by atoms with E-state index in [0.29, 0.717) is 33.4 Å². The van der Waals surface area contributed by atoms with Crippen LogP contribution in [0.3, 0.4) is 0 Å². The fourth-order valence-corrected chi connectivity index (χ4v) is 2.26. The molecule has 5 nitrogen and oxygen atoms in total. The zero-order valence-electron chi connectivity index (χ0n) is 12.7. The highest BCUT2D eigenvalue weighted by atomic mass is 35.5. The van der Waals surface area contributed by atoms with Crippen molar-refractivity contribution in [2.75, 3.05) is 12.4 Å². The first-order chi connectivity index (χ1) is 11.5. The van der Waals surface area contributed by atoms with Crippen LogP contribution in [-0.2, 0) is 9.63 Å². The second-order valence-corrected chi connectivity index (χ2v) is 5.60. The average Bonchev–Trinajstić information content (AvgIpc) is 2.54. The predicted molar refractivity (Wildman–Crippen MR) is 92.1 cm³/mol. The number of amides is 1. The van der Waals surface area contributed by atoms with Crippen molar-refractivity contribution in [1.82, 2.24) is 4.98 Å². The Labute approximate surface area is 148 Å². The van der Waals surface area contributed by atoms with E-state index < -0.39 is 5.82 Å². The van der Waals surface area contributed by atoms with Crippen molar-refractivity contribution < 1.29 is 14.0 Å². The van der Waals surface area contributed by atoms with Crippen LogP contribution >= 0.6 is 23.2 Å². The Balaban J connectivity index is 2.02. The molecule has 0 saturated carbocycles. The lowest BCUT2D eigenvalue weighted by Gasteiger charge is -2.08. The number of carbonyl (C=O) groups is 1. The molecule has 8 heteroatoms. The van der Waals surface area contributed by atoms with Crippen molar-refractivity contribution >= 4 is 40.5 Å². The molecule has 24 heavy (non-hydrogen) atoms. The molecule has 0 aliphatic heterocycles. The van der Waals surface area contributed by atoms with E-state index in [9.17, 15) is 9.18 Å². The number of aromatic nitrogens is 1. The van der Waals surface area contributed by atoms with E-state index in [1.165, 1.54) is 19.4 Å². The van der Waals surface area contributed by atoms with Gasteiger partial charge in [-0.1, -0.05) is 34.4 Å². The number of hydrogen-bond acceptors (Lipinski definition) is 4. The Bertz CT molecular complexity index is 769. The monoisotopic (exact) mass is 369 g/mol. The molecule has 0 radical (unpaired) electrons. The van der Waals surface area contributed by atoms with Gasteiger partial charge in [-0.15, -0.1) is 0 Å². The summed E-state index contributed by atoms with van der Waals surface area (Å²) in [6, 6.07) is 6.22. The number of benzene rings is 1. The molecular weight excluding hydrogens is 356 g/mol. The lowest BCUT2D eigenvalue weighted by atomic mass is 10.1. The van der Waals surface area contributed by atoms with Gasteiger partial charge in [0, 0.05) is 24.5 Å². The van der Waals surface area contributed by atoms with Crippen LogP contribution in [-0.4, -0.2) is 23.7 Å². The fourth-order valence-electron chi connectivity index (χ4n) is 1.96. The molecule has 126 valence electrons. The summed E-state index contributed by atoms with van der Waals surface area (Å²) in [6.45, 7) is 0. The molecule has 1 aromatic heterocycles. The highest BCUT2D eigenvalue weighted by molar-refractivity contribution is 6.42. The van der Waals surface area contributed by atoms with Crippen LogP contribution in [0.15, 0.2) is 41.8 Å². The van der Waals surface area contributed by atoms with Gasteiger partial charge >= 0.3 is 0 Å². The van der Waals surface area contributed by atoms with Crippen LogP contribution < -0.4 is 5.32 Å². The molecule has 0 fully saturated rings. The standard InChI is InChI=1S/C16H14Cl2FN3O2/c1-24-22-15(10-2-3-13(17)14(18)6-10)4-5-16(23)21-12-7-11(19)8-20-9-12/h2-3,6-9H,4-5H2,1H3,(H,21,23). The van der Waals surface area contributed by atoms with Gasteiger partial charge in [0.25, 0.3) is 0 Å². The molecule has 1 heterocycles. The molecule has 0 aliphatic rings. The Morgan fingerprint density at radius 1 is 1.25 bits per heavy atom. The van der Waals surface area contributed by atoms with Gasteiger partial charge in [-0.05, 0) is 12.1 Å². The molecule has 0 unspecified atom stereocenters. The number of halogens is 3. The van der Waals surface area contributed by atoms with Crippen molar-refractivity contribution in [2.24, 2.45) is 5.16 Å². The van der Waals surface area contributed by atoms with E-state index in [-0.39, 0.29) is 12.3 Å². The quantitative estimate of drug-likeness (QED) is 0.609. The van der Waals surface area contributed by atoms with Crippen LogP contribution in [0.2, 0.25) is 10.0 Å². The summed E-state index contributed by atoms with van der Waals surface area (Å²) in [5.41, 5.74) is 1.54. The van der Waals surface area contributed by atoms with Crippen LogP contribution in [0, 0.1) is 5.82 Å². The molecule has 2 aromatic rings. The third-order valence-electron chi connectivity index (χ3n) is 3.03. The SMILES string of the molecule is CON=C(CCC(=O)Nc1cncc(F)c1)c1ccc(Cl)c(Cl)c1. The van der Waals surface area contributed by atoms with E-state index in [0.717, 1.165) is 6.20 Å². The minimum Gasteiger partial charge on any atom is -0.399 e. The summed E-state index contributed by atoms with van der Waals surface area (Å²) in [4.78, 5) is 20.5. The maximum Gasteiger partial charge on any atom is 0.224 e. The largest absolute Gasteiger partial charge is 0.399 e. The minimum atomic E-state index is -0.523. The third kappa shape index (κ3) is 5.18. The number of pyridine rings is 1. The van der Waals surface area contributed by atoms with E-state index in [1.807, 2.05) is 0 Å². The topological polar surface area (TPSA) is 63.6 Å². The number of carbonyl (C=O) groups excluding carboxylic acids is 1. The molecule has 0 saturated heterocycles. The molecule has 0 aliphatic carbocycles. The summed E-state index contributed by atoms with van der Waals surface area (Å²) in [6.07, 6.45) is 2.85. The highest BCUT2D eigenvalue weighted by Crippen LogP contribution is 2.23. The summed E-state index contributed by atoms with van der Waals surface area (Å²) in [5, 5.41) is 7.30. The highest BCUT2D eigenvalue weighted by Gasteiger charge is 2.11. The van der Waals surface area contributed by atoms with E-state index in [1.54, 1.807) is 18.2 Å². The summed E-state index contributed by atoms with van der Waals surface area (Å²) in [5.74, 6) is -0.823. The molecular formula is C16H14Cl2FN3O2. The number of hydrogen-bond donors (Lipinski definition) is 1. The van der Waals surface area contributed by atoms with Gasteiger partial charge < -0.3 is 10.2 Å². The Morgan fingerprint density at radius 3 is 2.71 bits per heavy atom. The fraction of sp³-hybridized carbons (Fsp3) is 0.188. The second kappa shape index (κ2) is 8.61. The van der Waals surface area contributed by atoms with E-state index >= 15 is 0 Å². The normalized spacial score (nSPS) is 11.2. The number of oxime groups is 1. The van der Waals surface area contributed by atoms with Crippen molar-refractivity contribution in [1.29, 1.82) is 0 Å². The first-order valence-electron chi connectivity index (χ1n) is 6.95. The van der Waals surface area contributed by atoms with Gasteiger partial charge in [0.1, 0.15) is 12.9 Å². The first kappa shape index (κ1) is 18.2. The molecule has 0 spiro atoms. The second-order valence-electron chi connectivity index (χ2n) is 4.79. The summed E-state index contributed by atoms with van der Waals surface area (Å²) in [7, 11) is 1.41. The van der Waals surface area contributed by atoms with Gasteiger partial charge in [0.2, 0.25) is 5.91 Å². The lowest BCUT2D eigenvalue weighted by Crippen LogP contribution is -2.14. The Kier molecular flexibility index (Phi) is 6.52. The van der Waals surface area contributed by atoms with Crippen molar-refractivity contribution in [3.05, 3.63) is 58.1 Å². The van der Waals surface area contributed by atoms with Crippen molar-refractivity contribution in [3.8, 4) is 0 Å². The lowest BCUT2D eigenvalue weighted by molar-refractivity contribution is -0.116. The van der Waals surface area contributed by atoms with Gasteiger partial charge in [-0.3, -0.25) is 9.78 Å². The maximum atomic E-state index is 13.1. The summed E-state index contributed by atoms with van der Waals surface area (Å²) < 4.78 is 13.1. The van der Waals surface area contributed by atoms with Crippen LogP contribution in [0.1, 0.15) is 18.4 Å². The zero-order chi connectivity index (χ0) is 17.5.